The number of benzene rings is 1. The van der Waals surface area contributed by atoms with Gasteiger partial charge in [-0.1, -0.05) is 24.3 Å². The highest BCUT2D eigenvalue weighted by atomic mass is 16.4. The maximum Gasteiger partial charge on any atom is 0.317 e. The molecule has 7 heteroatoms. The Kier molecular flexibility index (Phi) is 5.15. The van der Waals surface area contributed by atoms with E-state index in [9.17, 15) is 19.5 Å². The van der Waals surface area contributed by atoms with Crippen LogP contribution in [0.25, 0.3) is 0 Å². The molecule has 0 radical (unpaired) electrons. The first-order valence-electron chi connectivity index (χ1n) is 9.00. The predicted octanol–water partition coefficient (Wildman–Crippen LogP) is 1.82. The van der Waals surface area contributed by atoms with Crippen LogP contribution >= 0.6 is 0 Å². The Balaban J connectivity index is 1.59. The second-order valence-corrected chi connectivity index (χ2v) is 7.38. The Labute approximate surface area is 153 Å². The third kappa shape index (κ3) is 3.81. The van der Waals surface area contributed by atoms with Crippen molar-refractivity contribution in [2.24, 2.45) is 5.41 Å². The van der Waals surface area contributed by atoms with Crippen LogP contribution in [0.5, 0.6) is 0 Å². The fraction of sp³-hybridized carbons (Fsp3) is 0.526. The van der Waals surface area contributed by atoms with Crippen molar-refractivity contribution < 1.29 is 19.5 Å². The van der Waals surface area contributed by atoms with Crippen LogP contribution in [0.15, 0.2) is 24.3 Å². The van der Waals surface area contributed by atoms with Crippen LogP contribution in [0.2, 0.25) is 0 Å². The number of amides is 3. The lowest BCUT2D eigenvalue weighted by molar-refractivity contribution is -0.147. The molecule has 140 valence electrons. The molecule has 2 N–H and O–H groups in total. The number of carboxylic acids is 1. The highest BCUT2D eigenvalue weighted by Crippen LogP contribution is 2.30. The molecule has 1 unspecified atom stereocenters. The zero-order valence-corrected chi connectivity index (χ0v) is 15.0. The third-order valence-corrected chi connectivity index (χ3v) is 5.36. The normalized spacial score (nSPS) is 22.7. The lowest BCUT2D eigenvalue weighted by Crippen LogP contribution is -2.40. The summed E-state index contributed by atoms with van der Waals surface area (Å²) in [7, 11) is 0. The molecule has 0 aliphatic carbocycles. The molecule has 3 rings (SSSR count). The van der Waals surface area contributed by atoms with Crippen LogP contribution in [0.4, 0.5) is 4.79 Å². The van der Waals surface area contributed by atoms with Gasteiger partial charge >= 0.3 is 12.0 Å². The number of carbonyl (C=O) groups excluding carboxylic acids is 2. The minimum atomic E-state index is -0.870. The van der Waals surface area contributed by atoms with Crippen molar-refractivity contribution >= 4 is 17.9 Å². The van der Waals surface area contributed by atoms with E-state index in [1.54, 1.807) is 11.8 Å². The molecule has 0 spiro atoms. The Morgan fingerprint density at radius 1 is 1.23 bits per heavy atom. The van der Waals surface area contributed by atoms with Crippen molar-refractivity contribution in [2.45, 2.75) is 39.3 Å². The summed E-state index contributed by atoms with van der Waals surface area (Å²) >= 11 is 0. The summed E-state index contributed by atoms with van der Waals surface area (Å²) in [6, 6.07) is 7.52. The topological polar surface area (TPSA) is 89.9 Å². The molecule has 2 fully saturated rings. The van der Waals surface area contributed by atoms with Gasteiger partial charge in [0.05, 0.1) is 5.41 Å². The van der Waals surface area contributed by atoms with Gasteiger partial charge in [0, 0.05) is 39.1 Å². The molecule has 2 aliphatic heterocycles. The van der Waals surface area contributed by atoms with Crippen molar-refractivity contribution in [3.05, 3.63) is 35.4 Å². The average molecular weight is 359 g/mol. The third-order valence-electron chi connectivity index (χ3n) is 5.36. The molecule has 1 aromatic rings. The number of hydrogen-bond acceptors (Lipinski definition) is 3. The first-order chi connectivity index (χ1) is 12.4. The second kappa shape index (κ2) is 7.35. The highest BCUT2D eigenvalue weighted by Gasteiger charge is 2.42. The van der Waals surface area contributed by atoms with E-state index in [-0.39, 0.29) is 18.5 Å². The minimum absolute atomic E-state index is 0.175. The number of urea groups is 1. The monoisotopic (exact) mass is 359 g/mol. The van der Waals surface area contributed by atoms with E-state index in [1.807, 2.05) is 29.2 Å². The van der Waals surface area contributed by atoms with Crippen LogP contribution in [-0.4, -0.2) is 52.4 Å². The molecule has 2 saturated heterocycles. The Morgan fingerprint density at radius 2 is 1.96 bits per heavy atom. The summed E-state index contributed by atoms with van der Waals surface area (Å²) in [6.45, 7) is 4.03. The van der Waals surface area contributed by atoms with Gasteiger partial charge in [0.15, 0.2) is 0 Å². The van der Waals surface area contributed by atoms with Gasteiger partial charge < -0.3 is 20.2 Å². The van der Waals surface area contributed by atoms with Crippen molar-refractivity contribution in [1.29, 1.82) is 0 Å². The van der Waals surface area contributed by atoms with Crippen LogP contribution in [0.1, 0.15) is 37.3 Å². The molecule has 0 saturated carbocycles. The maximum absolute atomic E-state index is 12.4. The number of aliphatic carboxylic acids is 1. The summed E-state index contributed by atoms with van der Waals surface area (Å²) in [5, 5.41) is 12.2. The number of hydrogen-bond donors (Lipinski definition) is 2. The summed E-state index contributed by atoms with van der Waals surface area (Å²) in [4.78, 5) is 39.0. The molecule has 1 aromatic carbocycles. The Bertz CT molecular complexity index is 720. The van der Waals surface area contributed by atoms with Gasteiger partial charge in [0.1, 0.15) is 0 Å². The molecule has 0 bridgehead atoms. The number of nitrogens with one attached hydrogen (secondary N) is 1. The molecule has 26 heavy (non-hydrogen) atoms. The molecule has 1 atom stereocenters. The van der Waals surface area contributed by atoms with E-state index in [0.29, 0.717) is 32.5 Å². The van der Waals surface area contributed by atoms with E-state index < -0.39 is 11.4 Å². The number of carboxylic acid groups (broad SMARTS) is 1. The number of rotatable bonds is 5. The molecule has 3 amide bonds. The molecular weight excluding hydrogens is 334 g/mol. The van der Waals surface area contributed by atoms with Crippen LogP contribution in [0, 0.1) is 5.41 Å². The molecule has 2 heterocycles. The summed E-state index contributed by atoms with van der Waals surface area (Å²) in [5.41, 5.74) is 1.13. The van der Waals surface area contributed by atoms with E-state index in [1.165, 1.54) is 0 Å². The van der Waals surface area contributed by atoms with E-state index in [2.05, 4.69) is 5.32 Å². The smallest absolute Gasteiger partial charge is 0.317 e. The van der Waals surface area contributed by atoms with Gasteiger partial charge in [-0.3, -0.25) is 9.59 Å². The highest BCUT2D eigenvalue weighted by molar-refractivity contribution is 5.79. The largest absolute Gasteiger partial charge is 0.481 e. The molecule has 2 aliphatic rings. The number of likely N-dealkylation sites (tertiary alicyclic amines) is 2. The molecule has 7 nitrogen and oxygen atoms in total. The van der Waals surface area contributed by atoms with Crippen LogP contribution < -0.4 is 5.32 Å². The Hall–Kier alpha value is -2.57. The SMILES string of the molecule is CC1(C(=O)O)CCN(C(=O)NCc2ccccc2CN2CCCC2=O)C1. The van der Waals surface area contributed by atoms with Crippen LogP contribution in [0.3, 0.4) is 0 Å². The lowest BCUT2D eigenvalue weighted by Gasteiger charge is -2.21. The van der Waals surface area contributed by atoms with Crippen molar-refractivity contribution in [2.75, 3.05) is 19.6 Å². The lowest BCUT2D eigenvalue weighted by atomic mass is 9.90. The van der Waals surface area contributed by atoms with Crippen LogP contribution in [-0.2, 0) is 22.7 Å². The summed E-state index contributed by atoms with van der Waals surface area (Å²) in [5.74, 6) is -0.692. The fourth-order valence-corrected chi connectivity index (χ4v) is 3.55. The van der Waals surface area contributed by atoms with Crippen molar-refractivity contribution in [3.63, 3.8) is 0 Å². The molecule has 0 aromatic heterocycles. The summed E-state index contributed by atoms with van der Waals surface area (Å²) in [6.07, 6.45) is 1.97. The quantitative estimate of drug-likeness (QED) is 0.839. The first kappa shape index (κ1) is 18.2. The van der Waals surface area contributed by atoms with E-state index >= 15 is 0 Å². The van der Waals surface area contributed by atoms with Gasteiger partial charge in [0.25, 0.3) is 0 Å². The van der Waals surface area contributed by atoms with Gasteiger partial charge in [-0.25, -0.2) is 4.79 Å². The van der Waals surface area contributed by atoms with Gasteiger partial charge in [-0.05, 0) is 30.9 Å². The predicted molar refractivity (Wildman–Crippen MR) is 95.3 cm³/mol. The zero-order valence-electron chi connectivity index (χ0n) is 15.0. The maximum atomic E-state index is 12.4. The summed E-state index contributed by atoms with van der Waals surface area (Å²) < 4.78 is 0. The van der Waals surface area contributed by atoms with Gasteiger partial charge in [-0.2, -0.15) is 0 Å². The number of nitrogens with zero attached hydrogens (tertiary/aromatic N) is 2. The van der Waals surface area contributed by atoms with E-state index in [0.717, 1.165) is 24.1 Å². The van der Waals surface area contributed by atoms with E-state index in [4.69, 9.17) is 0 Å². The standard InChI is InChI=1S/C19H25N3O4/c1-19(17(24)25)8-10-22(13-19)18(26)20-11-14-5-2-3-6-15(14)12-21-9-4-7-16(21)23/h2-3,5-6H,4,7-13H2,1H3,(H,20,26)(H,24,25). The minimum Gasteiger partial charge on any atom is -0.481 e. The number of carbonyl (C=O) groups is 3. The average Bonchev–Trinajstić information content (AvgIpc) is 3.21. The van der Waals surface area contributed by atoms with Crippen molar-refractivity contribution in [1.82, 2.24) is 15.1 Å². The van der Waals surface area contributed by atoms with Gasteiger partial charge in [0.2, 0.25) is 5.91 Å². The molecular formula is C19H25N3O4. The van der Waals surface area contributed by atoms with Crippen molar-refractivity contribution in [3.8, 4) is 0 Å². The van der Waals surface area contributed by atoms with Gasteiger partial charge in [-0.15, -0.1) is 0 Å². The fourth-order valence-electron chi connectivity index (χ4n) is 3.55. The Morgan fingerprint density at radius 3 is 2.58 bits per heavy atom. The first-order valence-corrected chi connectivity index (χ1v) is 9.00. The second-order valence-electron chi connectivity index (χ2n) is 7.38. The zero-order chi connectivity index (χ0) is 18.7.